The van der Waals surface area contributed by atoms with Crippen LogP contribution in [0.5, 0.6) is 0 Å². The van der Waals surface area contributed by atoms with Crippen molar-refractivity contribution in [2.24, 2.45) is 5.92 Å². The molecule has 0 saturated heterocycles. The van der Waals surface area contributed by atoms with Gasteiger partial charge in [0.15, 0.2) is 0 Å². The monoisotopic (exact) mass is 279 g/mol. The zero-order chi connectivity index (χ0) is 15.1. The summed E-state index contributed by atoms with van der Waals surface area (Å²) in [6.45, 7) is 3.76. The van der Waals surface area contributed by atoms with Gasteiger partial charge in [-0.1, -0.05) is 26.0 Å². The highest BCUT2D eigenvalue weighted by atomic mass is 19.1. The lowest BCUT2D eigenvalue weighted by molar-refractivity contribution is -0.141. The summed E-state index contributed by atoms with van der Waals surface area (Å²) < 4.78 is 12.9. The van der Waals surface area contributed by atoms with Crippen LogP contribution < -0.4 is 5.32 Å². The number of halogens is 1. The molecule has 0 heterocycles. The predicted molar refractivity (Wildman–Crippen MR) is 74.5 cm³/mol. The van der Waals surface area contributed by atoms with Gasteiger partial charge in [0.05, 0.1) is 0 Å². The van der Waals surface area contributed by atoms with Gasteiger partial charge in [0.25, 0.3) is 0 Å². The fourth-order valence-corrected chi connectivity index (χ4v) is 1.69. The number of hydrogen-bond donors (Lipinski definition) is 2. The minimum absolute atomic E-state index is 0.156. The Kier molecular flexibility index (Phi) is 5.90. The number of carboxylic acids is 1. The molecule has 1 aromatic carbocycles. The van der Waals surface area contributed by atoms with Crippen LogP contribution in [0, 0.1) is 11.7 Å². The minimum Gasteiger partial charge on any atom is -0.480 e. The molecule has 0 aliphatic rings. The standard InChI is InChI=1S/C15H18FNO3/c1-10(2)8-13(15(19)20)17-14(18)7-6-11-4-3-5-12(16)9-11/h3-7,9-10,13H,8H2,1-2H3,(H,17,18)(H,19,20)/b7-6+/t13-/m0/s1. The van der Waals surface area contributed by atoms with E-state index in [0.717, 1.165) is 0 Å². The first-order valence-corrected chi connectivity index (χ1v) is 6.35. The SMILES string of the molecule is CC(C)C[C@H](NC(=O)/C=C/c1cccc(F)c1)C(=O)O. The highest BCUT2D eigenvalue weighted by Crippen LogP contribution is 2.07. The lowest BCUT2D eigenvalue weighted by Crippen LogP contribution is -2.40. The number of amides is 1. The van der Waals surface area contributed by atoms with Crippen LogP contribution in [-0.2, 0) is 9.59 Å². The molecular weight excluding hydrogens is 261 g/mol. The van der Waals surface area contributed by atoms with E-state index >= 15 is 0 Å². The van der Waals surface area contributed by atoms with Gasteiger partial charge in [-0.2, -0.15) is 0 Å². The van der Waals surface area contributed by atoms with Crippen LogP contribution in [0.15, 0.2) is 30.3 Å². The number of carbonyl (C=O) groups excluding carboxylic acids is 1. The molecule has 0 radical (unpaired) electrons. The number of carboxylic acid groups (broad SMARTS) is 1. The second-order valence-electron chi connectivity index (χ2n) is 4.92. The van der Waals surface area contributed by atoms with E-state index in [2.05, 4.69) is 5.32 Å². The van der Waals surface area contributed by atoms with E-state index < -0.39 is 23.7 Å². The van der Waals surface area contributed by atoms with Crippen molar-refractivity contribution in [3.05, 3.63) is 41.7 Å². The summed E-state index contributed by atoms with van der Waals surface area (Å²) in [5.74, 6) is -1.81. The Hall–Kier alpha value is -2.17. The third-order valence-electron chi connectivity index (χ3n) is 2.60. The largest absolute Gasteiger partial charge is 0.480 e. The molecule has 0 bridgehead atoms. The number of benzene rings is 1. The van der Waals surface area contributed by atoms with Gasteiger partial charge in [-0.3, -0.25) is 4.79 Å². The number of nitrogens with one attached hydrogen (secondary N) is 1. The minimum atomic E-state index is -1.06. The lowest BCUT2D eigenvalue weighted by atomic mass is 10.0. The third kappa shape index (κ3) is 5.65. The van der Waals surface area contributed by atoms with Crippen molar-refractivity contribution in [2.75, 3.05) is 0 Å². The molecular formula is C15H18FNO3. The Morgan fingerprint density at radius 3 is 2.65 bits per heavy atom. The van der Waals surface area contributed by atoms with Gasteiger partial charge in [0, 0.05) is 6.08 Å². The predicted octanol–water partition coefficient (Wildman–Crippen LogP) is 2.45. The second kappa shape index (κ2) is 7.43. The fraction of sp³-hybridized carbons (Fsp3) is 0.333. The van der Waals surface area contributed by atoms with E-state index in [1.165, 1.54) is 30.4 Å². The maximum atomic E-state index is 12.9. The molecule has 0 aliphatic carbocycles. The molecule has 0 spiro atoms. The highest BCUT2D eigenvalue weighted by molar-refractivity contribution is 5.94. The number of carbonyl (C=O) groups is 2. The van der Waals surface area contributed by atoms with E-state index in [4.69, 9.17) is 5.11 Å². The number of aliphatic carboxylic acids is 1. The summed E-state index contributed by atoms with van der Waals surface area (Å²) in [6, 6.07) is 4.86. The summed E-state index contributed by atoms with van der Waals surface area (Å²) >= 11 is 0. The van der Waals surface area contributed by atoms with Crippen molar-refractivity contribution in [1.82, 2.24) is 5.32 Å². The molecule has 0 fully saturated rings. The Morgan fingerprint density at radius 1 is 1.40 bits per heavy atom. The molecule has 0 aromatic heterocycles. The van der Waals surface area contributed by atoms with Gasteiger partial charge < -0.3 is 10.4 Å². The van der Waals surface area contributed by atoms with E-state index in [-0.39, 0.29) is 5.92 Å². The molecule has 1 rings (SSSR count). The normalized spacial score (nSPS) is 12.6. The lowest BCUT2D eigenvalue weighted by Gasteiger charge is -2.15. The van der Waals surface area contributed by atoms with Crippen LogP contribution >= 0.6 is 0 Å². The molecule has 0 unspecified atom stereocenters. The maximum absolute atomic E-state index is 12.9. The van der Waals surface area contributed by atoms with Gasteiger partial charge in [-0.05, 0) is 36.1 Å². The summed E-state index contributed by atoms with van der Waals surface area (Å²) in [4.78, 5) is 22.6. The van der Waals surface area contributed by atoms with Crippen molar-refractivity contribution >= 4 is 18.0 Å². The van der Waals surface area contributed by atoms with Crippen molar-refractivity contribution in [3.8, 4) is 0 Å². The molecule has 1 atom stereocenters. The summed E-state index contributed by atoms with van der Waals surface area (Å²) in [7, 11) is 0. The van der Waals surface area contributed by atoms with Crippen LogP contribution in [0.2, 0.25) is 0 Å². The van der Waals surface area contributed by atoms with Crippen LogP contribution in [0.1, 0.15) is 25.8 Å². The number of hydrogen-bond acceptors (Lipinski definition) is 2. The third-order valence-corrected chi connectivity index (χ3v) is 2.60. The second-order valence-corrected chi connectivity index (χ2v) is 4.92. The van der Waals surface area contributed by atoms with Gasteiger partial charge in [-0.15, -0.1) is 0 Å². The van der Waals surface area contributed by atoms with Crippen molar-refractivity contribution in [3.63, 3.8) is 0 Å². The maximum Gasteiger partial charge on any atom is 0.326 e. The average Bonchev–Trinajstić information content (AvgIpc) is 2.35. The molecule has 2 N–H and O–H groups in total. The smallest absolute Gasteiger partial charge is 0.326 e. The zero-order valence-electron chi connectivity index (χ0n) is 11.5. The quantitative estimate of drug-likeness (QED) is 0.786. The molecule has 108 valence electrons. The first-order valence-electron chi connectivity index (χ1n) is 6.35. The first-order chi connectivity index (χ1) is 9.38. The Balaban J connectivity index is 2.63. The van der Waals surface area contributed by atoms with E-state index in [9.17, 15) is 14.0 Å². The summed E-state index contributed by atoms with van der Waals surface area (Å²) in [5.41, 5.74) is 0.538. The molecule has 5 heteroatoms. The molecule has 1 aromatic rings. The van der Waals surface area contributed by atoms with E-state index in [0.29, 0.717) is 12.0 Å². The molecule has 1 amide bonds. The Labute approximate surface area is 117 Å². The van der Waals surface area contributed by atoms with Crippen LogP contribution in [0.3, 0.4) is 0 Å². The van der Waals surface area contributed by atoms with Gasteiger partial charge in [0.2, 0.25) is 5.91 Å². The Bertz CT molecular complexity index is 512. The molecule has 4 nitrogen and oxygen atoms in total. The number of rotatable bonds is 6. The topological polar surface area (TPSA) is 66.4 Å². The van der Waals surface area contributed by atoms with Crippen molar-refractivity contribution in [1.29, 1.82) is 0 Å². The molecule has 0 saturated carbocycles. The highest BCUT2D eigenvalue weighted by Gasteiger charge is 2.19. The fourth-order valence-electron chi connectivity index (χ4n) is 1.69. The zero-order valence-corrected chi connectivity index (χ0v) is 11.5. The van der Waals surface area contributed by atoms with Crippen LogP contribution in [-0.4, -0.2) is 23.0 Å². The van der Waals surface area contributed by atoms with Crippen molar-refractivity contribution < 1.29 is 19.1 Å². The van der Waals surface area contributed by atoms with E-state index in [1.807, 2.05) is 13.8 Å². The van der Waals surface area contributed by atoms with Gasteiger partial charge in [0.1, 0.15) is 11.9 Å². The summed E-state index contributed by atoms with van der Waals surface area (Å²) in [5, 5.41) is 11.4. The van der Waals surface area contributed by atoms with Crippen LogP contribution in [0.4, 0.5) is 4.39 Å². The first kappa shape index (κ1) is 15.9. The Morgan fingerprint density at radius 2 is 2.10 bits per heavy atom. The van der Waals surface area contributed by atoms with Gasteiger partial charge >= 0.3 is 5.97 Å². The van der Waals surface area contributed by atoms with Crippen LogP contribution in [0.25, 0.3) is 6.08 Å². The van der Waals surface area contributed by atoms with Crippen molar-refractivity contribution in [2.45, 2.75) is 26.3 Å². The van der Waals surface area contributed by atoms with E-state index in [1.54, 1.807) is 6.07 Å². The van der Waals surface area contributed by atoms with Gasteiger partial charge in [-0.25, -0.2) is 9.18 Å². The molecule has 0 aliphatic heterocycles. The average molecular weight is 279 g/mol. The summed E-state index contributed by atoms with van der Waals surface area (Å²) in [6.07, 6.45) is 2.99. The molecule has 20 heavy (non-hydrogen) atoms.